The number of likely N-dealkylation sites (tertiary alicyclic amines) is 1. The first-order chi connectivity index (χ1) is 11.3. The Kier molecular flexibility index (Phi) is 4.54. The third kappa shape index (κ3) is 3.26. The van der Waals surface area contributed by atoms with Gasteiger partial charge in [-0.15, -0.1) is 0 Å². The van der Waals surface area contributed by atoms with Crippen molar-refractivity contribution in [2.45, 2.75) is 25.9 Å². The van der Waals surface area contributed by atoms with Gasteiger partial charge < -0.3 is 24.7 Å². The molecule has 1 amide bonds. The van der Waals surface area contributed by atoms with Crippen LogP contribution in [0.15, 0.2) is 11.0 Å². The Hall–Kier alpha value is -1.64. The zero-order chi connectivity index (χ0) is 17.4. The zero-order valence-electron chi connectivity index (χ0n) is 14.3. The van der Waals surface area contributed by atoms with Crippen molar-refractivity contribution in [1.29, 1.82) is 0 Å². The predicted octanol–water partition coefficient (Wildman–Crippen LogP) is -0.362. The number of piperidine rings is 1. The van der Waals surface area contributed by atoms with Gasteiger partial charge in [0, 0.05) is 44.3 Å². The van der Waals surface area contributed by atoms with Gasteiger partial charge in [0.05, 0.1) is 18.8 Å². The summed E-state index contributed by atoms with van der Waals surface area (Å²) in [4.78, 5) is 32.6. The van der Waals surface area contributed by atoms with Crippen molar-refractivity contribution in [3.63, 3.8) is 0 Å². The zero-order valence-corrected chi connectivity index (χ0v) is 14.3. The molecule has 3 heterocycles. The van der Waals surface area contributed by atoms with Crippen LogP contribution < -0.4 is 5.69 Å². The molecular formula is C16H26N4O4. The minimum Gasteiger partial charge on any atom is -0.388 e. The number of nitrogens with one attached hydrogen (secondary N) is 2. The fraction of sp³-hybridized carbons (Fsp3) is 0.750. The van der Waals surface area contributed by atoms with Gasteiger partial charge in [-0.25, -0.2) is 4.79 Å². The van der Waals surface area contributed by atoms with Crippen molar-refractivity contribution in [3.8, 4) is 0 Å². The maximum absolute atomic E-state index is 12.5. The third-order valence-electron chi connectivity index (χ3n) is 5.34. The summed E-state index contributed by atoms with van der Waals surface area (Å²) in [6.45, 7) is 8.53. The number of H-pyrrole nitrogens is 2. The Morgan fingerprint density at radius 1 is 1.33 bits per heavy atom. The van der Waals surface area contributed by atoms with E-state index in [1.54, 1.807) is 4.90 Å². The van der Waals surface area contributed by atoms with Crippen molar-refractivity contribution in [2.24, 2.45) is 5.41 Å². The van der Waals surface area contributed by atoms with Crippen LogP contribution in [-0.4, -0.2) is 82.3 Å². The number of hydrogen-bond acceptors (Lipinski definition) is 5. The van der Waals surface area contributed by atoms with Crippen LogP contribution >= 0.6 is 0 Å². The molecule has 1 aromatic heterocycles. The van der Waals surface area contributed by atoms with E-state index >= 15 is 0 Å². The highest BCUT2D eigenvalue weighted by atomic mass is 16.5. The third-order valence-corrected chi connectivity index (χ3v) is 5.34. The Bertz CT molecular complexity index is 647. The minimum absolute atomic E-state index is 0.213. The lowest BCUT2D eigenvalue weighted by Crippen LogP contribution is -2.63. The summed E-state index contributed by atoms with van der Waals surface area (Å²) >= 11 is 0. The SMILES string of the molecule is CC1(C)CN(C(=O)c2c[nH]c(=O)[nH]2)CC[C@@]1(O)CN1CCOCC1. The number of imidazole rings is 1. The average Bonchev–Trinajstić information content (AvgIpc) is 2.97. The maximum Gasteiger partial charge on any atom is 0.323 e. The van der Waals surface area contributed by atoms with Gasteiger partial charge in [0.2, 0.25) is 0 Å². The molecule has 8 heteroatoms. The number of aromatic amines is 2. The van der Waals surface area contributed by atoms with Gasteiger partial charge in [-0.1, -0.05) is 13.8 Å². The van der Waals surface area contributed by atoms with Crippen LogP contribution in [0.3, 0.4) is 0 Å². The molecule has 0 unspecified atom stereocenters. The first-order valence-electron chi connectivity index (χ1n) is 8.40. The second kappa shape index (κ2) is 6.34. The number of rotatable bonds is 3. The van der Waals surface area contributed by atoms with Gasteiger partial charge >= 0.3 is 5.69 Å². The number of nitrogens with zero attached hydrogens (tertiary/aromatic N) is 2. The van der Waals surface area contributed by atoms with E-state index in [4.69, 9.17) is 4.74 Å². The lowest BCUT2D eigenvalue weighted by Gasteiger charge is -2.52. The van der Waals surface area contributed by atoms with Gasteiger partial charge in [-0.2, -0.15) is 0 Å². The van der Waals surface area contributed by atoms with Crippen molar-refractivity contribution in [3.05, 3.63) is 22.4 Å². The van der Waals surface area contributed by atoms with Crippen LogP contribution in [0.4, 0.5) is 0 Å². The van der Waals surface area contributed by atoms with E-state index in [-0.39, 0.29) is 11.6 Å². The number of morpholine rings is 1. The fourth-order valence-electron chi connectivity index (χ4n) is 3.58. The normalized spacial score (nSPS) is 28.0. The van der Waals surface area contributed by atoms with E-state index in [0.29, 0.717) is 39.3 Å². The second-order valence-corrected chi connectivity index (χ2v) is 7.44. The van der Waals surface area contributed by atoms with E-state index in [0.717, 1.165) is 13.1 Å². The first-order valence-corrected chi connectivity index (χ1v) is 8.40. The van der Waals surface area contributed by atoms with Gasteiger partial charge in [0.1, 0.15) is 5.69 Å². The second-order valence-electron chi connectivity index (χ2n) is 7.44. The van der Waals surface area contributed by atoms with Gasteiger partial charge in [0.25, 0.3) is 5.91 Å². The number of hydrogen-bond donors (Lipinski definition) is 3. The topological polar surface area (TPSA) is 102 Å². The minimum atomic E-state index is -0.854. The lowest BCUT2D eigenvalue weighted by atomic mass is 9.69. The number of amides is 1. The predicted molar refractivity (Wildman–Crippen MR) is 87.9 cm³/mol. The van der Waals surface area contributed by atoms with Crippen LogP contribution in [0.25, 0.3) is 0 Å². The summed E-state index contributed by atoms with van der Waals surface area (Å²) in [5.74, 6) is -0.213. The number of aromatic nitrogens is 2. The number of ether oxygens (including phenoxy) is 1. The molecule has 2 saturated heterocycles. The van der Waals surface area contributed by atoms with Crippen molar-refractivity contribution in [2.75, 3.05) is 45.9 Å². The van der Waals surface area contributed by atoms with E-state index in [1.807, 2.05) is 13.8 Å². The van der Waals surface area contributed by atoms with Gasteiger partial charge in [0.15, 0.2) is 0 Å². The average molecular weight is 338 g/mol. The molecule has 8 nitrogen and oxygen atoms in total. The van der Waals surface area contributed by atoms with E-state index < -0.39 is 16.7 Å². The molecule has 0 spiro atoms. The Morgan fingerprint density at radius 2 is 2.04 bits per heavy atom. The molecule has 2 aliphatic rings. The van der Waals surface area contributed by atoms with E-state index in [9.17, 15) is 14.7 Å². The summed E-state index contributed by atoms with van der Waals surface area (Å²) in [5, 5.41) is 11.2. The van der Waals surface area contributed by atoms with Crippen molar-refractivity contribution >= 4 is 5.91 Å². The molecule has 0 aromatic carbocycles. The molecule has 1 atom stereocenters. The molecule has 0 saturated carbocycles. The molecule has 134 valence electrons. The van der Waals surface area contributed by atoms with Gasteiger partial charge in [-0.3, -0.25) is 9.69 Å². The molecular weight excluding hydrogens is 312 g/mol. The Morgan fingerprint density at radius 3 is 2.62 bits per heavy atom. The molecule has 0 aliphatic carbocycles. The van der Waals surface area contributed by atoms with Crippen LogP contribution in [-0.2, 0) is 4.74 Å². The molecule has 3 N–H and O–H groups in total. The van der Waals surface area contributed by atoms with Gasteiger partial charge in [-0.05, 0) is 6.42 Å². The number of carbonyl (C=O) groups excluding carboxylic acids is 1. The van der Waals surface area contributed by atoms with Crippen molar-refractivity contribution in [1.82, 2.24) is 19.8 Å². The van der Waals surface area contributed by atoms with Crippen LogP contribution in [0.2, 0.25) is 0 Å². The Balaban J connectivity index is 1.69. The monoisotopic (exact) mass is 338 g/mol. The molecule has 0 radical (unpaired) electrons. The maximum atomic E-state index is 12.5. The summed E-state index contributed by atoms with van der Waals surface area (Å²) in [5.41, 5.74) is -1.43. The largest absolute Gasteiger partial charge is 0.388 e. The quantitative estimate of drug-likeness (QED) is 0.698. The first kappa shape index (κ1) is 17.2. The van der Waals surface area contributed by atoms with Crippen LogP contribution in [0.5, 0.6) is 0 Å². The number of carbonyl (C=O) groups is 1. The van der Waals surface area contributed by atoms with Crippen LogP contribution in [0.1, 0.15) is 30.8 Å². The van der Waals surface area contributed by atoms with E-state index in [2.05, 4.69) is 14.9 Å². The summed E-state index contributed by atoms with van der Waals surface area (Å²) in [7, 11) is 0. The smallest absolute Gasteiger partial charge is 0.323 e. The standard InChI is InChI=1S/C16H26N4O4/c1-15(2)10-20(13(21)12-9-17-14(22)18-12)4-3-16(15,23)11-19-5-7-24-8-6-19/h9,23H,3-8,10-11H2,1-2H3,(H2,17,18,22)/t16-/m1/s1. The summed E-state index contributed by atoms with van der Waals surface area (Å²) < 4.78 is 5.37. The van der Waals surface area contributed by atoms with E-state index in [1.165, 1.54) is 6.20 Å². The summed E-state index contributed by atoms with van der Waals surface area (Å²) in [6.07, 6.45) is 1.91. The molecule has 24 heavy (non-hydrogen) atoms. The lowest BCUT2D eigenvalue weighted by molar-refractivity contribution is -0.133. The molecule has 1 aromatic rings. The summed E-state index contributed by atoms with van der Waals surface area (Å²) in [6, 6.07) is 0. The highest BCUT2D eigenvalue weighted by Crippen LogP contribution is 2.39. The highest BCUT2D eigenvalue weighted by molar-refractivity contribution is 5.92. The number of aliphatic hydroxyl groups is 1. The molecule has 0 bridgehead atoms. The number of β-amino-alcohol motifs (C(OH)–C–C–N with tert-alkyl or cyclic N) is 1. The fourth-order valence-corrected chi connectivity index (χ4v) is 3.58. The molecule has 2 aliphatic heterocycles. The molecule has 3 rings (SSSR count). The molecule has 2 fully saturated rings. The van der Waals surface area contributed by atoms with Crippen molar-refractivity contribution < 1.29 is 14.6 Å². The van der Waals surface area contributed by atoms with Crippen LogP contribution in [0, 0.1) is 5.41 Å². The highest BCUT2D eigenvalue weighted by Gasteiger charge is 2.49. The Labute approximate surface area is 140 Å².